The number of para-hydroxylation sites is 2. The van der Waals surface area contributed by atoms with Crippen LogP contribution < -0.4 is 16.3 Å². The number of aryl methyl sites for hydroxylation is 1. The van der Waals surface area contributed by atoms with Gasteiger partial charge in [-0.15, -0.1) is 20.4 Å². The molecular formula is C26H22N8OS2. The molecule has 6 rings (SSSR count). The van der Waals surface area contributed by atoms with Crippen LogP contribution in [0.4, 0.5) is 21.6 Å². The van der Waals surface area contributed by atoms with E-state index in [1.807, 2.05) is 85.8 Å². The fraction of sp³-hybridized carbons (Fsp3) is 0.115. The van der Waals surface area contributed by atoms with Crippen molar-refractivity contribution in [2.45, 2.75) is 20.0 Å². The van der Waals surface area contributed by atoms with Gasteiger partial charge in [-0.2, -0.15) is 0 Å². The van der Waals surface area contributed by atoms with Crippen LogP contribution in [0.25, 0.3) is 11.0 Å². The summed E-state index contributed by atoms with van der Waals surface area (Å²) in [5.41, 5.74) is 4.52. The van der Waals surface area contributed by atoms with Crippen molar-refractivity contribution >= 4 is 55.3 Å². The molecule has 184 valence electrons. The normalized spacial score (nSPS) is 11.2. The highest BCUT2D eigenvalue weighted by molar-refractivity contribution is 7.15. The van der Waals surface area contributed by atoms with Gasteiger partial charge in [0.15, 0.2) is 0 Å². The zero-order valence-electron chi connectivity index (χ0n) is 19.8. The molecule has 0 spiro atoms. The number of aromatic nitrogens is 6. The third-order valence-electron chi connectivity index (χ3n) is 5.74. The predicted octanol–water partition coefficient (Wildman–Crippen LogP) is 5.40. The Bertz CT molecular complexity index is 1720. The molecule has 37 heavy (non-hydrogen) atoms. The van der Waals surface area contributed by atoms with Crippen molar-refractivity contribution in [3.63, 3.8) is 0 Å². The highest BCUT2D eigenvalue weighted by Crippen LogP contribution is 2.25. The fourth-order valence-electron chi connectivity index (χ4n) is 4.03. The highest BCUT2D eigenvalue weighted by atomic mass is 32.1. The van der Waals surface area contributed by atoms with Gasteiger partial charge in [-0.05, 0) is 48.9 Å². The lowest BCUT2D eigenvalue weighted by molar-refractivity contribution is 0.689. The molecule has 9 nitrogen and oxygen atoms in total. The van der Waals surface area contributed by atoms with E-state index >= 15 is 0 Å². The Balaban J connectivity index is 1.28. The second-order valence-electron chi connectivity index (χ2n) is 8.43. The number of hydrogen-bond donors (Lipinski definition) is 2. The topological polar surface area (TPSA) is 103 Å². The largest absolute Gasteiger partial charge is 0.330 e. The summed E-state index contributed by atoms with van der Waals surface area (Å²) in [6, 6.07) is 25.6. The first-order valence-electron chi connectivity index (χ1n) is 11.6. The minimum atomic E-state index is -0.124. The number of fused-ring (bicyclic) bond motifs is 1. The summed E-state index contributed by atoms with van der Waals surface area (Å²) in [6.07, 6.45) is 0. The molecule has 0 atom stereocenters. The smallest absolute Gasteiger partial charge is 0.329 e. The molecule has 0 aliphatic heterocycles. The number of hydrogen-bond acceptors (Lipinski definition) is 9. The molecular weight excluding hydrogens is 504 g/mol. The van der Waals surface area contributed by atoms with E-state index in [0.717, 1.165) is 38.0 Å². The van der Waals surface area contributed by atoms with Gasteiger partial charge in [0.25, 0.3) is 0 Å². The van der Waals surface area contributed by atoms with E-state index in [-0.39, 0.29) is 5.69 Å². The van der Waals surface area contributed by atoms with Crippen LogP contribution in [0.5, 0.6) is 0 Å². The summed E-state index contributed by atoms with van der Waals surface area (Å²) in [7, 11) is 0. The van der Waals surface area contributed by atoms with E-state index in [0.29, 0.717) is 23.4 Å². The Morgan fingerprint density at radius 2 is 1.19 bits per heavy atom. The second kappa shape index (κ2) is 9.96. The first-order chi connectivity index (χ1) is 18.1. The van der Waals surface area contributed by atoms with Crippen LogP contribution >= 0.6 is 22.7 Å². The molecule has 0 amide bonds. The monoisotopic (exact) mass is 526 g/mol. The maximum absolute atomic E-state index is 13.6. The van der Waals surface area contributed by atoms with Crippen molar-refractivity contribution in [3.05, 3.63) is 105 Å². The van der Waals surface area contributed by atoms with Crippen molar-refractivity contribution in [1.82, 2.24) is 29.5 Å². The standard InChI is InChI=1S/C26H22N8OS2/c1-17-12-13-20-21(14-17)34(16-23-30-32-25(37-23)28-19-10-6-3-7-11-19)26(35)33(20)15-22-29-31-24(36-22)27-18-8-4-2-5-9-18/h2-14H,15-16H2,1H3,(H,27,31)(H,28,32). The van der Waals surface area contributed by atoms with Gasteiger partial charge in [-0.25, -0.2) is 4.79 Å². The van der Waals surface area contributed by atoms with Crippen molar-refractivity contribution in [2.75, 3.05) is 10.6 Å². The lowest BCUT2D eigenvalue weighted by Gasteiger charge is -2.01. The summed E-state index contributed by atoms with van der Waals surface area (Å²) in [5.74, 6) is 0. The lowest BCUT2D eigenvalue weighted by atomic mass is 10.2. The first kappa shape index (κ1) is 23.1. The molecule has 2 N–H and O–H groups in total. The fourth-order valence-corrected chi connectivity index (χ4v) is 5.53. The number of rotatable bonds is 8. The molecule has 0 aliphatic carbocycles. The SMILES string of the molecule is Cc1ccc2c(c1)n(Cc1nnc(Nc3ccccc3)s1)c(=O)n2Cc1nnc(Nc2ccccc2)s1. The minimum absolute atomic E-state index is 0.124. The van der Waals surface area contributed by atoms with Gasteiger partial charge in [0.2, 0.25) is 10.3 Å². The van der Waals surface area contributed by atoms with Crippen molar-refractivity contribution < 1.29 is 0 Å². The van der Waals surface area contributed by atoms with Crippen molar-refractivity contribution in [3.8, 4) is 0 Å². The van der Waals surface area contributed by atoms with Crippen LogP contribution in [0, 0.1) is 6.92 Å². The molecule has 11 heteroatoms. The van der Waals surface area contributed by atoms with E-state index in [4.69, 9.17) is 0 Å². The summed E-state index contributed by atoms with van der Waals surface area (Å²) in [6.45, 7) is 2.68. The number of benzene rings is 3. The third-order valence-corrected chi connectivity index (χ3v) is 7.39. The molecule has 3 heterocycles. The van der Waals surface area contributed by atoms with E-state index in [2.05, 4.69) is 31.0 Å². The lowest BCUT2D eigenvalue weighted by Crippen LogP contribution is -2.25. The second-order valence-corrected chi connectivity index (χ2v) is 10.6. The maximum Gasteiger partial charge on any atom is 0.329 e. The van der Waals surface area contributed by atoms with E-state index in [9.17, 15) is 4.79 Å². The van der Waals surface area contributed by atoms with Gasteiger partial charge in [0.1, 0.15) is 10.0 Å². The van der Waals surface area contributed by atoms with Gasteiger partial charge in [0, 0.05) is 11.4 Å². The molecule has 0 aliphatic rings. The summed E-state index contributed by atoms with van der Waals surface area (Å²) >= 11 is 2.86. The van der Waals surface area contributed by atoms with Gasteiger partial charge < -0.3 is 10.6 Å². The first-order valence-corrected chi connectivity index (χ1v) is 13.2. The Hall–Kier alpha value is -4.35. The van der Waals surface area contributed by atoms with E-state index in [1.54, 1.807) is 9.13 Å². The van der Waals surface area contributed by atoms with Crippen LogP contribution in [0.1, 0.15) is 15.6 Å². The molecule has 0 saturated heterocycles. The number of nitrogens with zero attached hydrogens (tertiary/aromatic N) is 6. The van der Waals surface area contributed by atoms with Crippen molar-refractivity contribution in [1.29, 1.82) is 0 Å². The van der Waals surface area contributed by atoms with Crippen LogP contribution in [-0.4, -0.2) is 29.5 Å². The molecule has 0 saturated carbocycles. The zero-order valence-corrected chi connectivity index (χ0v) is 21.5. The van der Waals surface area contributed by atoms with Gasteiger partial charge in [-0.1, -0.05) is 65.1 Å². The Morgan fingerprint density at radius 1 is 0.676 bits per heavy atom. The predicted molar refractivity (Wildman–Crippen MR) is 148 cm³/mol. The number of nitrogens with one attached hydrogen (secondary N) is 2. The van der Waals surface area contributed by atoms with E-state index < -0.39 is 0 Å². The van der Waals surface area contributed by atoms with Crippen LogP contribution in [0.3, 0.4) is 0 Å². The van der Waals surface area contributed by atoms with Gasteiger partial charge in [-0.3, -0.25) is 9.13 Å². The molecule has 0 bridgehead atoms. The van der Waals surface area contributed by atoms with Crippen molar-refractivity contribution in [2.24, 2.45) is 0 Å². The zero-order chi connectivity index (χ0) is 25.2. The Labute approximate surface area is 220 Å². The average Bonchev–Trinajstić information content (AvgIpc) is 3.61. The highest BCUT2D eigenvalue weighted by Gasteiger charge is 2.17. The van der Waals surface area contributed by atoms with Crippen LogP contribution in [0.15, 0.2) is 83.7 Å². The molecule has 3 aromatic carbocycles. The van der Waals surface area contributed by atoms with Gasteiger partial charge in [0.05, 0.1) is 24.1 Å². The minimum Gasteiger partial charge on any atom is -0.330 e. The summed E-state index contributed by atoms with van der Waals surface area (Å²) in [5, 5.41) is 26.5. The third kappa shape index (κ3) is 4.99. The molecule has 0 unspecified atom stereocenters. The average molecular weight is 527 g/mol. The summed E-state index contributed by atoms with van der Waals surface area (Å²) < 4.78 is 3.49. The molecule has 0 radical (unpaired) electrons. The molecule has 3 aromatic heterocycles. The maximum atomic E-state index is 13.6. The Morgan fingerprint density at radius 3 is 1.73 bits per heavy atom. The number of imidazole rings is 1. The summed E-state index contributed by atoms with van der Waals surface area (Å²) in [4.78, 5) is 13.6. The Kier molecular flexibility index (Phi) is 6.21. The van der Waals surface area contributed by atoms with Crippen LogP contribution in [0.2, 0.25) is 0 Å². The van der Waals surface area contributed by atoms with Gasteiger partial charge >= 0.3 is 5.69 Å². The van der Waals surface area contributed by atoms with Crippen LogP contribution in [-0.2, 0) is 13.1 Å². The molecule has 6 aromatic rings. The molecule has 0 fully saturated rings. The quantitative estimate of drug-likeness (QED) is 0.274. The van der Waals surface area contributed by atoms with E-state index in [1.165, 1.54) is 22.7 Å². The number of anilines is 4.